The van der Waals surface area contributed by atoms with Crippen LogP contribution < -0.4 is 20.7 Å². The number of nitro benzene ring substituents is 1. The highest BCUT2D eigenvalue weighted by Crippen LogP contribution is 2.31. The number of halogens is 4. The molecule has 0 spiro atoms. The highest BCUT2D eigenvalue weighted by atomic mass is 127. The molecule has 2 aromatic rings. The summed E-state index contributed by atoms with van der Waals surface area (Å²) in [7, 11) is 1.39. The molecule has 0 aromatic heterocycles. The number of carbonyl (C=O) groups excluding carboxylic acids is 1. The van der Waals surface area contributed by atoms with Crippen LogP contribution in [0.1, 0.15) is 10.4 Å². The van der Waals surface area contributed by atoms with Gasteiger partial charge in [-0.25, -0.2) is 0 Å². The normalized spacial score (nSPS) is 11.9. The Hall–Kier alpha value is -1.60. The van der Waals surface area contributed by atoms with E-state index in [1.807, 2.05) is 22.6 Å². The Morgan fingerprint density at radius 2 is 1.90 bits per heavy atom. The van der Waals surface area contributed by atoms with Crippen LogP contribution in [0.3, 0.4) is 0 Å². The van der Waals surface area contributed by atoms with Crippen LogP contribution in [0, 0.1) is 13.7 Å². The maximum absolute atomic E-state index is 12.6. The zero-order valence-electron chi connectivity index (χ0n) is 15.1. The molecule has 0 unspecified atom stereocenters. The molecule has 0 radical (unpaired) electrons. The molecule has 13 heteroatoms. The lowest BCUT2D eigenvalue weighted by Crippen LogP contribution is -2.56. The summed E-state index contributed by atoms with van der Waals surface area (Å²) < 4.78 is 3.71. The van der Waals surface area contributed by atoms with Gasteiger partial charge in [-0.3, -0.25) is 14.9 Å². The molecular weight excluding hydrogens is 590 g/mol. The molecule has 0 fully saturated rings. The van der Waals surface area contributed by atoms with E-state index in [0.717, 1.165) is 0 Å². The molecule has 0 aliphatic rings. The maximum Gasteiger partial charge on any atom is 0.296 e. The number of benzene rings is 2. The summed E-state index contributed by atoms with van der Waals surface area (Å²) in [5.74, 6) is -0.197. The zero-order chi connectivity index (χ0) is 22.5. The largest absolute Gasteiger partial charge is 0.496 e. The first-order chi connectivity index (χ1) is 14.0. The number of rotatable bonds is 6. The molecule has 0 saturated heterocycles. The predicted octanol–water partition coefficient (Wildman–Crippen LogP) is 4.62. The minimum Gasteiger partial charge on any atom is -0.496 e. The van der Waals surface area contributed by atoms with Gasteiger partial charge in [0.1, 0.15) is 17.6 Å². The Morgan fingerprint density at radius 1 is 1.23 bits per heavy atom. The number of amides is 1. The van der Waals surface area contributed by atoms with E-state index in [4.69, 9.17) is 51.8 Å². The summed E-state index contributed by atoms with van der Waals surface area (Å²) in [5, 5.41) is 19.1. The molecule has 0 saturated carbocycles. The number of hydrogen-bond acceptors (Lipinski definition) is 5. The van der Waals surface area contributed by atoms with Crippen molar-refractivity contribution in [2.45, 2.75) is 9.96 Å². The highest BCUT2D eigenvalue weighted by Gasteiger charge is 2.35. The molecule has 160 valence electrons. The van der Waals surface area contributed by atoms with Gasteiger partial charge in [0.15, 0.2) is 5.11 Å². The number of nitro groups is 1. The van der Waals surface area contributed by atoms with Crippen LogP contribution in [0.15, 0.2) is 42.5 Å². The van der Waals surface area contributed by atoms with Gasteiger partial charge in [0.05, 0.1) is 23.7 Å². The average molecular weight is 604 g/mol. The van der Waals surface area contributed by atoms with Crippen LogP contribution in [0.4, 0.5) is 11.4 Å². The van der Waals surface area contributed by atoms with Crippen molar-refractivity contribution in [3.8, 4) is 5.75 Å². The fourth-order valence-electron chi connectivity index (χ4n) is 2.24. The summed E-state index contributed by atoms with van der Waals surface area (Å²) >= 11 is 25.1. The van der Waals surface area contributed by atoms with Crippen molar-refractivity contribution in [1.82, 2.24) is 10.6 Å². The lowest BCUT2D eigenvalue weighted by Gasteiger charge is -2.28. The van der Waals surface area contributed by atoms with Gasteiger partial charge in [0, 0.05) is 3.57 Å². The van der Waals surface area contributed by atoms with Crippen molar-refractivity contribution in [1.29, 1.82) is 0 Å². The number of nitrogens with zero attached hydrogens (tertiary/aromatic N) is 1. The molecule has 0 aliphatic heterocycles. The molecule has 2 aromatic carbocycles. The molecule has 8 nitrogen and oxygen atoms in total. The first kappa shape index (κ1) is 24.7. The van der Waals surface area contributed by atoms with E-state index >= 15 is 0 Å². The predicted molar refractivity (Wildman–Crippen MR) is 130 cm³/mol. The molecule has 1 amide bonds. The quantitative estimate of drug-likeness (QED) is 0.111. The molecule has 0 heterocycles. The number of anilines is 1. The van der Waals surface area contributed by atoms with Gasteiger partial charge in [-0.05, 0) is 59.1 Å². The molecule has 30 heavy (non-hydrogen) atoms. The topological polar surface area (TPSA) is 106 Å². The Morgan fingerprint density at radius 3 is 2.47 bits per heavy atom. The van der Waals surface area contributed by atoms with Crippen molar-refractivity contribution in [2.75, 3.05) is 12.4 Å². The van der Waals surface area contributed by atoms with Crippen molar-refractivity contribution >= 4 is 92.0 Å². The lowest BCUT2D eigenvalue weighted by atomic mass is 10.2. The summed E-state index contributed by atoms with van der Waals surface area (Å²) in [6, 6.07) is 11.0. The smallest absolute Gasteiger partial charge is 0.296 e. The standard InChI is InChI=1S/C17H14Cl3IN4O4S/c1-29-9-6-7-12(13(8-9)25(27)28)22-16(30)24-15(17(18,19)20)23-14(26)10-4-2-3-5-11(10)21/h2-8,15H,1H3,(H,23,26)(H2,22,24,30)/t15-/m0/s1. The Balaban J connectivity index is 2.18. The third-order valence-corrected chi connectivity index (χ3v) is 5.46. The van der Waals surface area contributed by atoms with E-state index < -0.39 is 20.8 Å². The first-order valence-electron chi connectivity index (χ1n) is 8.05. The Kier molecular flexibility index (Phi) is 8.73. The van der Waals surface area contributed by atoms with Crippen molar-refractivity contribution in [3.63, 3.8) is 0 Å². The number of nitrogens with one attached hydrogen (secondary N) is 3. The van der Waals surface area contributed by atoms with Gasteiger partial charge in [0.25, 0.3) is 11.6 Å². The fourth-order valence-corrected chi connectivity index (χ4v) is 3.43. The second kappa shape index (κ2) is 10.6. The second-order valence-corrected chi connectivity index (χ2v) is 9.61. The molecule has 3 N–H and O–H groups in total. The van der Waals surface area contributed by atoms with Crippen molar-refractivity contribution in [3.05, 3.63) is 61.7 Å². The summed E-state index contributed by atoms with van der Waals surface area (Å²) in [5.41, 5.74) is 0.195. The summed E-state index contributed by atoms with van der Waals surface area (Å²) in [6.07, 6.45) is -1.23. The summed E-state index contributed by atoms with van der Waals surface area (Å²) in [6.45, 7) is 0. The van der Waals surface area contributed by atoms with Gasteiger partial charge >= 0.3 is 0 Å². The minimum atomic E-state index is -1.98. The third kappa shape index (κ3) is 6.71. The number of alkyl halides is 3. The SMILES string of the molecule is COc1ccc(NC(=S)N[C@H](NC(=O)c2ccccc2I)C(Cl)(Cl)Cl)c([N+](=O)[O-])c1. The van der Waals surface area contributed by atoms with Gasteiger partial charge in [-0.15, -0.1) is 0 Å². The van der Waals surface area contributed by atoms with Gasteiger partial charge < -0.3 is 20.7 Å². The minimum absolute atomic E-state index is 0.0882. The van der Waals surface area contributed by atoms with E-state index in [1.165, 1.54) is 25.3 Å². The highest BCUT2D eigenvalue weighted by molar-refractivity contribution is 14.1. The molecule has 0 aliphatic carbocycles. The van der Waals surface area contributed by atoms with Gasteiger partial charge in [-0.1, -0.05) is 46.9 Å². The molecule has 0 bridgehead atoms. The van der Waals surface area contributed by atoms with Crippen LogP contribution in [0.25, 0.3) is 0 Å². The second-order valence-electron chi connectivity index (χ2n) is 5.67. The number of methoxy groups -OCH3 is 1. The van der Waals surface area contributed by atoms with E-state index in [9.17, 15) is 14.9 Å². The Labute approximate surface area is 205 Å². The fraction of sp³-hybridized carbons (Fsp3) is 0.176. The number of carbonyl (C=O) groups is 1. The first-order valence-corrected chi connectivity index (χ1v) is 10.7. The van der Waals surface area contributed by atoms with E-state index in [2.05, 4.69) is 16.0 Å². The molecular formula is C17H14Cl3IN4O4S. The molecule has 2 rings (SSSR count). The Bertz CT molecular complexity index is 974. The van der Waals surface area contributed by atoms with Gasteiger partial charge in [0.2, 0.25) is 3.79 Å². The van der Waals surface area contributed by atoms with Gasteiger partial charge in [-0.2, -0.15) is 0 Å². The van der Waals surface area contributed by atoms with E-state index in [1.54, 1.807) is 24.3 Å². The van der Waals surface area contributed by atoms with Crippen LogP contribution in [-0.2, 0) is 0 Å². The number of hydrogen-bond donors (Lipinski definition) is 3. The van der Waals surface area contributed by atoms with Crippen molar-refractivity contribution < 1.29 is 14.5 Å². The van der Waals surface area contributed by atoms with Crippen LogP contribution >= 0.6 is 69.6 Å². The lowest BCUT2D eigenvalue weighted by molar-refractivity contribution is -0.384. The zero-order valence-corrected chi connectivity index (χ0v) is 20.4. The third-order valence-electron chi connectivity index (χ3n) is 3.65. The summed E-state index contributed by atoms with van der Waals surface area (Å²) in [4.78, 5) is 23.3. The van der Waals surface area contributed by atoms with E-state index in [-0.39, 0.29) is 16.5 Å². The number of ether oxygens (including phenoxy) is 1. The van der Waals surface area contributed by atoms with Crippen LogP contribution in [-0.4, -0.2) is 33.0 Å². The monoisotopic (exact) mass is 602 g/mol. The van der Waals surface area contributed by atoms with Crippen LogP contribution in [0.5, 0.6) is 5.75 Å². The molecule has 1 atom stereocenters. The maximum atomic E-state index is 12.6. The average Bonchev–Trinajstić information content (AvgIpc) is 2.67. The van der Waals surface area contributed by atoms with Crippen LogP contribution in [0.2, 0.25) is 0 Å². The van der Waals surface area contributed by atoms with E-state index in [0.29, 0.717) is 14.9 Å². The number of thiocarbonyl (C=S) groups is 1. The van der Waals surface area contributed by atoms with Crippen molar-refractivity contribution in [2.24, 2.45) is 0 Å².